The van der Waals surface area contributed by atoms with E-state index in [1.807, 2.05) is 18.7 Å². The minimum atomic E-state index is -4.10. The molecule has 0 amide bonds. The highest BCUT2D eigenvalue weighted by molar-refractivity contribution is 4.80. The normalized spacial score (nSPS) is 25.7. The highest BCUT2D eigenvalue weighted by Crippen LogP contribution is 2.26. The smallest absolute Gasteiger partial charge is 0.378 e. The standard InChI is InChI=1S/C9H16F3NO/c1-7(2)13-3-4-14-6-8(13)5-9(10,11)12/h7-8H,3-6H2,1-2H3. The Bertz CT molecular complexity index is 181. The van der Waals surface area contributed by atoms with Crippen molar-refractivity contribution in [3.05, 3.63) is 0 Å². The third kappa shape index (κ3) is 3.46. The molecule has 0 aromatic carbocycles. The van der Waals surface area contributed by atoms with Gasteiger partial charge in [-0.15, -0.1) is 0 Å². The van der Waals surface area contributed by atoms with Gasteiger partial charge in [-0.2, -0.15) is 13.2 Å². The maximum Gasteiger partial charge on any atom is 0.390 e. The average molecular weight is 211 g/mol. The summed E-state index contributed by atoms with van der Waals surface area (Å²) in [5.41, 5.74) is 0. The maximum absolute atomic E-state index is 12.2. The molecule has 0 aromatic heterocycles. The number of hydrogen-bond donors (Lipinski definition) is 0. The van der Waals surface area contributed by atoms with Gasteiger partial charge >= 0.3 is 6.18 Å². The number of rotatable bonds is 2. The molecule has 2 nitrogen and oxygen atoms in total. The first-order chi connectivity index (χ1) is 6.40. The van der Waals surface area contributed by atoms with Crippen LogP contribution in [0.2, 0.25) is 0 Å². The van der Waals surface area contributed by atoms with E-state index in [0.29, 0.717) is 13.2 Å². The van der Waals surface area contributed by atoms with E-state index >= 15 is 0 Å². The molecule has 5 heteroatoms. The zero-order valence-corrected chi connectivity index (χ0v) is 8.47. The first-order valence-electron chi connectivity index (χ1n) is 4.80. The van der Waals surface area contributed by atoms with Crippen LogP contribution in [0.15, 0.2) is 0 Å². The van der Waals surface area contributed by atoms with Crippen molar-refractivity contribution in [1.82, 2.24) is 4.90 Å². The molecule has 1 atom stereocenters. The summed E-state index contributed by atoms with van der Waals surface area (Å²) in [5, 5.41) is 0. The monoisotopic (exact) mass is 211 g/mol. The quantitative estimate of drug-likeness (QED) is 0.693. The zero-order chi connectivity index (χ0) is 10.8. The van der Waals surface area contributed by atoms with Crippen LogP contribution in [0.5, 0.6) is 0 Å². The second kappa shape index (κ2) is 4.49. The first-order valence-corrected chi connectivity index (χ1v) is 4.80. The van der Waals surface area contributed by atoms with E-state index in [1.165, 1.54) is 0 Å². The SMILES string of the molecule is CC(C)N1CCOCC1CC(F)(F)F. The van der Waals surface area contributed by atoms with Crippen LogP contribution < -0.4 is 0 Å². The van der Waals surface area contributed by atoms with Crippen molar-refractivity contribution in [3.63, 3.8) is 0 Å². The summed E-state index contributed by atoms with van der Waals surface area (Å²) >= 11 is 0. The summed E-state index contributed by atoms with van der Waals surface area (Å²) in [6.07, 6.45) is -4.87. The van der Waals surface area contributed by atoms with Gasteiger partial charge in [0.15, 0.2) is 0 Å². The number of hydrogen-bond acceptors (Lipinski definition) is 2. The number of alkyl halides is 3. The Balaban J connectivity index is 2.54. The summed E-state index contributed by atoms with van der Waals surface area (Å²) < 4.78 is 41.7. The molecule has 1 rings (SSSR count). The number of ether oxygens (including phenoxy) is 1. The van der Waals surface area contributed by atoms with Crippen LogP contribution >= 0.6 is 0 Å². The van der Waals surface area contributed by atoms with Crippen molar-refractivity contribution >= 4 is 0 Å². The number of morpholine rings is 1. The molecule has 0 saturated carbocycles. The summed E-state index contributed by atoms with van der Waals surface area (Å²) in [7, 11) is 0. The lowest BCUT2D eigenvalue weighted by molar-refractivity contribution is -0.161. The van der Waals surface area contributed by atoms with Crippen LogP contribution in [0.25, 0.3) is 0 Å². The van der Waals surface area contributed by atoms with Gasteiger partial charge in [0.05, 0.1) is 19.6 Å². The zero-order valence-electron chi connectivity index (χ0n) is 8.47. The largest absolute Gasteiger partial charge is 0.390 e. The van der Waals surface area contributed by atoms with E-state index in [9.17, 15) is 13.2 Å². The molecular formula is C9H16F3NO. The third-order valence-electron chi connectivity index (χ3n) is 2.40. The molecule has 1 fully saturated rings. The fourth-order valence-corrected chi connectivity index (χ4v) is 1.79. The fourth-order valence-electron chi connectivity index (χ4n) is 1.79. The molecule has 0 aromatic rings. The molecule has 0 radical (unpaired) electrons. The van der Waals surface area contributed by atoms with Crippen LogP contribution in [-0.4, -0.2) is 42.9 Å². The molecule has 1 unspecified atom stereocenters. The number of halogens is 3. The van der Waals surface area contributed by atoms with Gasteiger partial charge in [0.1, 0.15) is 0 Å². The average Bonchev–Trinajstić information content (AvgIpc) is 2.01. The molecule has 1 aliphatic rings. The van der Waals surface area contributed by atoms with E-state index in [-0.39, 0.29) is 12.6 Å². The number of nitrogens with zero attached hydrogens (tertiary/aromatic N) is 1. The van der Waals surface area contributed by atoms with Gasteiger partial charge in [0.2, 0.25) is 0 Å². The second-order valence-electron chi connectivity index (χ2n) is 3.88. The van der Waals surface area contributed by atoms with Crippen LogP contribution in [0.4, 0.5) is 13.2 Å². The van der Waals surface area contributed by atoms with Crippen molar-refractivity contribution < 1.29 is 17.9 Å². The first kappa shape index (κ1) is 11.8. The van der Waals surface area contributed by atoms with E-state index in [0.717, 1.165) is 0 Å². The van der Waals surface area contributed by atoms with Crippen LogP contribution in [-0.2, 0) is 4.74 Å². The molecule has 84 valence electrons. The van der Waals surface area contributed by atoms with E-state index in [2.05, 4.69) is 0 Å². The Morgan fingerprint density at radius 1 is 1.43 bits per heavy atom. The topological polar surface area (TPSA) is 12.5 Å². The Hall–Kier alpha value is -0.290. The van der Waals surface area contributed by atoms with Crippen molar-refractivity contribution in [2.45, 2.75) is 38.5 Å². The Morgan fingerprint density at radius 3 is 2.57 bits per heavy atom. The fraction of sp³-hybridized carbons (Fsp3) is 1.00. The summed E-state index contributed by atoms with van der Waals surface area (Å²) in [6, 6.07) is -0.366. The molecule has 14 heavy (non-hydrogen) atoms. The van der Waals surface area contributed by atoms with E-state index in [1.54, 1.807) is 0 Å². The third-order valence-corrected chi connectivity index (χ3v) is 2.40. The Morgan fingerprint density at radius 2 is 2.07 bits per heavy atom. The summed E-state index contributed by atoms with van der Waals surface area (Å²) in [4.78, 5) is 1.86. The van der Waals surface area contributed by atoms with Crippen molar-refractivity contribution in [2.24, 2.45) is 0 Å². The molecule has 1 heterocycles. The Labute approximate surface area is 82.0 Å². The van der Waals surface area contributed by atoms with Crippen LogP contribution in [0, 0.1) is 0 Å². The lowest BCUT2D eigenvalue weighted by Crippen LogP contribution is -2.50. The van der Waals surface area contributed by atoms with Gasteiger partial charge in [0.25, 0.3) is 0 Å². The molecule has 0 spiro atoms. The predicted octanol–water partition coefficient (Wildman–Crippen LogP) is 2.05. The van der Waals surface area contributed by atoms with Gasteiger partial charge in [-0.3, -0.25) is 4.90 Å². The molecule has 0 bridgehead atoms. The molecular weight excluding hydrogens is 195 g/mol. The van der Waals surface area contributed by atoms with E-state index < -0.39 is 18.6 Å². The van der Waals surface area contributed by atoms with Gasteiger partial charge in [-0.25, -0.2) is 0 Å². The van der Waals surface area contributed by atoms with Crippen LogP contribution in [0.3, 0.4) is 0 Å². The maximum atomic E-state index is 12.2. The van der Waals surface area contributed by atoms with Gasteiger partial charge in [0, 0.05) is 18.6 Å². The summed E-state index contributed by atoms with van der Waals surface area (Å²) in [5.74, 6) is 0. The molecule has 0 aliphatic carbocycles. The lowest BCUT2D eigenvalue weighted by atomic mass is 10.1. The second-order valence-corrected chi connectivity index (χ2v) is 3.88. The molecule has 1 saturated heterocycles. The predicted molar refractivity (Wildman–Crippen MR) is 47.1 cm³/mol. The molecule has 0 N–H and O–H groups in total. The van der Waals surface area contributed by atoms with Gasteiger partial charge < -0.3 is 4.74 Å². The van der Waals surface area contributed by atoms with Gasteiger partial charge in [-0.1, -0.05) is 0 Å². The molecule has 1 aliphatic heterocycles. The minimum absolute atomic E-state index is 0.145. The lowest BCUT2D eigenvalue weighted by Gasteiger charge is -2.38. The highest BCUT2D eigenvalue weighted by atomic mass is 19.4. The van der Waals surface area contributed by atoms with Crippen LogP contribution in [0.1, 0.15) is 20.3 Å². The van der Waals surface area contributed by atoms with Crippen molar-refractivity contribution in [3.8, 4) is 0 Å². The minimum Gasteiger partial charge on any atom is -0.378 e. The van der Waals surface area contributed by atoms with Crippen molar-refractivity contribution in [2.75, 3.05) is 19.8 Å². The summed E-state index contributed by atoms with van der Waals surface area (Å²) in [6.45, 7) is 5.14. The van der Waals surface area contributed by atoms with Gasteiger partial charge in [-0.05, 0) is 13.8 Å². The Kier molecular flexibility index (Phi) is 3.78. The van der Waals surface area contributed by atoms with E-state index in [4.69, 9.17) is 4.74 Å². The van der Waals surface area contributed by atoms with Crippen molar-refractivity contribution in [1.29, 1.82) is 0 Å². The highest BCUT2D eigenvalue weighted by Gasteiger charge is 2.36.